The topological polar surface area (TPSA) is 30.2 Å². The molecular formula is C15H18O2. The minimum absolute atomic E-state index is 0.288. The van der Waals surface area contributed by atoms with Crippen LogP contribution in [0, 0.1) is 29.6 Å². The summed E-state index contributed by atoms with van der Waals surface area (Å²) in [6.07, 6.45) is 5.01. The molecule has 0 radical (unpaired) electrons. The Balaban J connectivity index is 1.55. The molecule has 17 heavy (non-hydrogen) atoms. The highest BCUT2D eigenvalue weighted by Crippen LogP contribution is 2.69. The maximum Gasteiger partial charge on any atom is 0.201 e. The summed E-state index contributed by atoms with van der Waals surface area (Å²) in [6.45, 7) is 2.05. The van der Waals surface area contributed by atoms with Gasteiger partial charge in [-0.15, -0.1) is 0 Å². The van der Waals surface area contributed by atoms with Gasteiger partial charge in [0.1, 0.15) is 5.76 Å². The minimum atomic E-state index is 0.288. The molecule has 3 aliphatic rings. The average molecular weight is 230 g/mol. The lowest BCUT2D eigenvalue weighted by Crippen LogP contribution is -2.09. The van der Waals surface area contributed by atoms with Crippen molar-refractivity contribution in [3.63, 3.8) is 0 Å². The van der Waals surface area contributed by atoms with Crippen molar-refractivity contribution >= 4 is 5.78 Å². The maximum atomic E-state index is 12.4. The van der Waals surface area contributed by atoms with E-state index in [-0.39, 0.29) is 5.78 Å². The third-order valence-electron chi connectivity index (χ3n) is 5.29. The summed E-state index contributed by atoms with van der Waals surface area (Å²) in [5.74, 6) is 5.31. The molecule has 2 bridgehead atoms. The molecule has 0 amide bonds. The predicted octanol–water partition coefficient (Wildman–Crippen LogP) is 3.32. The van der Waals surface area contributed by atoms with Crippen LogP contribution >= 0.6 is 0 Å². The summed E-state index contributed by atoms with van der Waals surface area (Å²) in [4.78, 5) is 12.4. The molecular weight excluding hydrogens is 212 g/mol. The van der Waals surface area contributed by atoms with Gasteiger partial charge >= 0.3 is 0 Å². The van der Waals surface area contributed by atoms with E-state index in [0.717, 1.165) is 35.9 Å². The molecule has 0 aromatic carbocycles. The number of fused-ring (bicyclic) bond motifs is 5. The van der Waals surface area contributed by atoms with Gasteiger partial charge in [0.15, 0.2) is 5.76 Å². The number of aryl methyl sites for hydroxylation is 1. The Morgan fingerprint density at radius 3 is 2.59 bits per heavy atom. The van der Waals surface area contributed by atoms with E-state index in [4.69, 9.17) is 4.42 Å². The van der Waals surface area contributed by atoms with Gasteiger partial charge in [0.05, 0.1) is 0 Å². The molecule has 1 heterocycles. The highest BCUT2D eigenvalue weighted by atomic mass is 16.3. The second kappa shape index (κ2) is 3.24. The van der Waals surface area contributed by atoms with Crippen molar-refractivity contribution in [3.05, 3.63) is 23.7 Å². The van der Waals surface area contributed by atoms with E-state index >= 15 is 0 Å². The highest BCUT2D eigenvalue weighted by Gasteiger charge is 2.67. The van der Waals surface area contributed by atoms with Crippen LogP contribution in [0.4, 0.5) is 0 Å². The van der Waals surface area contributed by atoms with Gasteiger partial charge in [0.25, 0.3) is 0 Å². The number of carbonyl (C=O) groups excluding carboxylic acids is 1. The first-order valence-electron chi connectivity index (χ1n) is 6.92. The molecule has 0 saturated heterocycles. The van der Waals surface area contributed by atoms with Gasteiger partial charge in [-0.05, 0) is 55.1 Å². The summed E-state index contributed by atoms with van der Waals surface area (Å²) in [5, 5.41) is 0. The summed E-state index contributed by atoms with van der Waals surface area (Å²) in [5.41, 5.74) is 0. The summed E-state index contributed by atoms with van der Waals surface area (Å²) >= 11 is 0. The molecule has 90 valence electrons. The SMILES string of the molecule is CCc1ccc(C(=O)C2C3C4CCC(C4)C23)o1. The Morgan fingerprint density at radius 1 is 1.29 bits per heavy atom. The lowest BCUT2D eigenvalue weighted by atomic mass is 9.99. The number of Topliss-reactive ketones (excluding diaryl/α,β-unsaturated/α-hetero) is 1. The Bertz CT molecular complexity index is 457. The van der Waals surface area contributed by atoms with Crippen LogP contribution in [0.2, 0.25) is 0 Å². The van der Waals surface area contributed by atoms with Crippen LogP contribution in [0.1, 0.15) is 42.5 Å². The van der Waals surface area contributed by atoms with Crippen LogP contribution in [-0.4, -0.2) is 5.78 Å². The molecule has 3 aliphatic carbocycles. The van der Waals surface area contributed by atoms with Crippen LogP contribution in [-0.2, 0) is 6.42 Å². The largest absolute Gasteiger partial charge is 0.458 e. The van der Waals surface area contributed by atoms with Gasteiger partial charge in [-0.25, -0.2) is 0 Å². The molecule has 0 aliphatic heterocycles. The van der Waals surface area contributed by atoms with Gasteiger partial charge in [0, 0.05) is 12.3 Å². The van der Waals surface area contributed by atoms with Crippen molar-refractivity contribution in [2.75, 3.05) is 0 Å². The van der Waals surface area contributed by atoms with E-state index in [0.29, 0.717) is 11.7 Å². The van der Waals surface area contributed by atoms with Gasteiger partial charge < -0.3 is 4.42 Å². The van der Waals surface area contributed by atoms with Crippen LogP contribution in [0.15, 0.2) is 16.5 Å². The van der Waals surface area contributed by atoms with Gasteiger partial charge in [-0.1, -0.05) is 6.92 Å². The lowest BCUT2D eigenvalue weighted by Gasteiger charge is -2.05. The summed E-state index contributed by atoms with van der Waals surface area (Å²) < 4.78 is 5.60. The zero-order valence-electron chi connectivity index (χ0n) is 10.2. The zero-order chi connectivity index (χ0) is 11.6. The first kappa shape index (κ1) is 9.93. The standard InChI is InChI=1S/C15H18O2/c1-2-10-5-6-11(17-10)15(16)14-12-8-3-4-9(7-8)13(12)14/h5-6,8-9,12-14H,2-4,7H2,1H3. The smallest absolute Gasteiger partial charge is 0.201 e. The highest BCUT2D eigenvalue weighted by molar-refractivity contribution is 5.98. The van der Waals surface area contributed by atoms with Crippen molar-refractivity contribution in [1.82, 2.24) is 0 Å². The van der Waals surface area contributed by atoms with E-state index in [1.165, 1.54) is 19.3 Å². The maximum absolute atomic E-state index is 12.4. The van der Waals surface area contributed by atoms with Crippen molar-refractivity contribution in [2.45, 2.75) is 32.6 Å². The van der Waals surface area contributed by atoms with E-state index in [2.05, 4.69) is 6.92 Å². The van der Waals surface area contributed by atoms with Crippen LogP contribution in [0.5, 0.6) is 0 Å². The normalized spacial score (nSPS) is 41.6. The van der Waals surface area contributed by atoms with Gasteiger partial charge in [-0.3, -0.25) is 4.79 Å². The fourth-order valence-electron chi connectivity index (χ4n) is 4.54. The number of carbonyl (C=O) groups is 1. The average Bonchev–Trinajstić information content (AvgIpc) is 2.79. The molecule has 0 N–H and O–H groups in total. The third kappa shape index (κ3) is 1.24. The van der Waals surface area contributed by atoms with Crippen molar-refractivity contribution in [3.8, 4) is 0 Å². The van der Waals surface area contributed by atoms with Crippen molar-refractivity contribution in [2.24, 2.45) is 29.6 Å². The van der Waals surface area contributed by atoms with E-state index in [1.54, 1.807) is 0 Å². The van der Waals surface area contributed by atoms with E-state index < -0.39 is 0 Å². The molecule has 4 atom stereocenters. The minimum Gasteiger partial charge on any atom is -0.458 e. The van der Waals surface area contributed by atoms with Crippen LogP contribution < -0.4 is 0 Å². The quantitative estimate of drug-likeness (QED) is 0.746. The monoisotopic (exact) mass is 230 g/mol. The summed E-state index contributed by atoms with van der Waals surface area (Å²) in [6, 6.07) is 3.82. The van der Waals surface area contributed by atoms with E-state index in [1.807, 2.05) is 12.1 Å². The molecule has 3 fully saturated rings. The lowest BCUT2D eigenvalue weighted by molar-refractivity contribution is 0.0915. The molecule has 2 nitrogen and oxygen atoms in total. The molecule has 4 unspecified atom stereocenters. The number of ketones is 1. The summed E-state index contributed by atoms with van der Waals surface area (Å²) in [7, 11) is 0. The van der Waals surface area contributed by atoms with Crippen molar-refractivity contribution in [1.29, 1.82) is 0 Å². The molecule has 4 rings (SSSR count). The molecule has 2 heteroatoms. The van der Waals surface area contributed by atoms with Crippen molar-refractivity contribution < 1.29 is 9.21 Å². The second-order valence-corrected chi connectivity index (χ2v) is 6.00. The molecule has 1 aromatic rings. The van der Waals surface area contributed by atoms with E-state index in [9.17, 15) is 4.79 Å². The first-order chi connectivity index (χ1) is 8.29. The fraction of sp³-hybridized carbons (Fsp3) is 0.667. The number of rotatable bonds is 3. The molecule has 3 saturated carbocycles. The molecule has 0 spiro atoms. The second-order valence-electron chi connectivity index (χ2n) is 6.00. The zero-order valence-corrected chi connectivity index (χ0v) is 10.2. The Hall–Kier alpha value is -1.05. The number of hydrogen-bond acceptors (Lipinski definition) is 2. The number of hydrogen-bond donors (Lipinski definition) is 0. The third-order valence-corrected chi connectivity index (χ3v) is 5.29. The number of furan rings is 1. The van der Waals surface area contributed by atoms with Gasteiger partial charge in [0.2, 0.25) is 5.78 Å². The Labute approximate surface area is 101 Å². The predicted molar refractivity (Wildman–Crippen MR) is 63.7 cm³/mol. The Kier molecular flexibility index (Phi) is 1.89. The van der Waals surface area contributed by atoms with Gasteiger partial charge in [-0.2, -0.15) is 0 Å². The van der Waals surface area contributed by atoms with Crippen LogP contribution in [0.3, 0.4) is 0 Å². The van der Waals surface area contributed by atoms with Crippen LogP contribution in [0.25, 0.3) is 0 Å². The fourth-order valence-corrected chi connectivity index (χ4v) is 4.54. The Morgan fingerprint density at radius 2 is 2.00 bits per heavy atom. The molecule has 1 aromatic heterocycles. The first-order valence-corrected chi connectivity index (χ1v) is 6.92.